The highest BCUT2D eigenvalue weighted by molar-refractivity contribution is 9.10. The van der Waals surface area contributed by atoms with Crippen molar-refractivity contribution < 1.29 is 18.7 Å². The van der Waals surface area contributed by atoms with E-state index in [4.69, 9.17) is 9.47 Å². The second-order valence-corrected chi connectivity index (χ2v) is 8.49. The van der Waals surface area contributed by atoms with E-state index in [1.807, 2.05) is 20.0 Å². The second kappa shape index (κ2) is 8.69. The summed E-state index contributed by atoms with van der Waals surface area (Å²) in [6.07, 6.45) is 4.43. The van der Waals surface area contributed by atoms with Crippen LogP contribution >= 0.6 is 15.9 Å². The number of benzene rings is 1. The van der Waals surface area contributed by atoms with Gasteiger partial charge in [-0.05, 0) is 50.7 Å². The highest BCUT2D eigenvalue weighted by Gasteiger charge is 2.25. The minimum atomic E-state index is -0.360. The Kier molecular flexibility index (Phi) is 6.52. The summed E-state index contributed by atoms with van der Waals surface area (Å²) >= 11 is 3.32. The number of hydrogen-bond donors (Lipinski definition) is 0. The van der Waals surface area contributed by atoms with E-state index in [1.54, 1.807) is 11.5 Å². The Balaban J connectivity index is 1.54. The molecule has 1 atom stereocenters. The van der Waals surface area contributed by atoms with Gasteiger partial charge in [-0.15, -0.1) is 0 Å². The van der Waals surface area contributed by atoms with Gasteiger partial charge in [0.05, 0.1) is 11.6 Å². The molecule has 0 radical (unpaired) electrons. The van der Waals surface area contributed by atoms with Crippen LogP contribution in [0.2, 0.25) is 0 Å². The first-order valence-corrected chi connectivity index (χ1v) is 10.2. The summed E-state index contributed by atoms with van der Waals surface area (Å²) in [6, 6.07) is 3.70. The van der Waals surface area contributed by atoms with Gasteiger partial charge in [0.25, 0.3) is 6.01 Å². The normalized spacial score (nSPS) is 21.4. The predicted molar refractivity (Wildman–Crippen MR) is 105 cm³/mol. The van der Waals surface area contributed by atoms with Gasteiger partial charge in [-0.1, -0.05) is 22.9 Å². The molecule has 1 aromatic heterocycles. The molecule has 0 bridgehead atoms. The molecular weight excluding hydrogens is 415 g/mol. The fraction of sp³-hybridized carbons (Fsp3) is 0.600. The predicted octanol–water partition coefficient (Wildman–Crippen LogP) is 4.80. The SMILES string of the molecule is CC(=O)C[C@@H](C)COC1CCC(Oc2nc3c(F)cc(Br)cc3n2C)CC1. The Bertz CT molecular complexity index is 815. The minimum Gasteiger partial charge on any atom is -0.461 e. The number of hydrogen-bond acceptors (Lipinski definition) is 4. The van der Waals surface area contributed by atoms with E-state index in [2.05, 4.69) is 20.9 Å². The number of fused-ring (bicyclic) bond motifs is 1. The molecule has 5 nitrogen and oxygen atoms in total. The molecule has 1 aliphatic rings. The van der Waals surface area contributed by atoms with Crippen molar-refractivity contribution in [2.45, 2.75) is 58.2 Å². The molecule has 0 N–H and O–H groups in total. The van der Waals surface area contributed by atoms with Crippen LogP contribution in [0.3, 0.4) is 0 Å². The van der Waals surface area contributed by atoms with E-state index in [9.17, 15) is 9.18 Å². The van der Waals surface area contributed by atoms with E-state index in [1.165, 1.54) is 6.07 Å². The number of halogens is 2. The quantitative estimate of drug-likeness (QED) is 0.620. The first kappa shape index (κ1) is 20.3. The number of Topliss-reactive ketones (excluding diaryl/α,β-unsaturated/α-hetero) is 1. The van der Waals surface area contributed by atoms with Gasteiger partial charge in [-0.2, -0.15) is 4.98 Å². The molecule has 27 heavy (non-hydrogen) atoms. The van der Waals surface area contributed by atoms with Crippen molar-refractivity contribution in [2.75, 3.05) is 6.61 Å². The molecule has 0 amide bonds. The van der Waals surface area contributed by atoms with Crippen LogP contribution in [-0.4, -0.2) is 34.1 Å². The molecule has 0 saturated heterocycles. The van der Waals surface area contributed by atoms with Crippen LogP contribution in [0.4, 0.5) is 4.39 Å². The zero-order chi connectivity index (χ0) is 19.6. The van der Waals surface area contributed by atoms with E-state index < -0.39 is 0 Å². The van der Waals surface area contributed by atoms with Crippen LogP contribution in [0.15, 0.2) is 16.6 Å². The number of aryl methyl sites for hydroxylation is 1. The van der Waals surface area contributed by atoms with Gasteiger partial charge in [0, 0.05) is 24.5 Å². The molecule has 3 rings (SSSR count). The maximum absolute atomic E-state index is 14.1. The molecule has 1 aliphatic carbocycles. The highest BCUT2D eigenvalue weighted by atomic mass is 79.9. The Morgan fingerprint density at radius 1 is 1.33 bits per heavy atom. The summed E-state index contributed by atoms with van der Waals surface area (Å²) in [6.45, 7) is 4.28. The third-order valence-corrected chi connectivity index (χ3v) is 5.47. The summed E-state index contributed by atoms with van der Waals surface area (Å²) in [7, 11) is 1.84. The number of ketones is 1. The molecule has 1 aromatic carbocycles. The molecule has 1 saturated carbocycles. The zero-order valence-corrected chi connectivity index (χ0v) is 17.6. The smallest absolute Gasteiger partial charge is 0.297 e. The molecule has 7 heteroatoms. The Hall–Kier alpha value is -1.47. The number of rotatable bonds is 7. The van der Waals surface area contributed by atoms with Gasteiger partial charge in [0.2, 0.25) is 0 Å². The van der Waals surface area contributed by atoms with E-state index in [0.717, 1.165) is 25.7 Å². The number of ether oxygens (including phenoxy) is 2. The first-order valence-electron chi connectivity index (χ1n) is 9.42. The minimum absolute atomic E-state index is 0.0570. The van der Waals surface area contributed by atoms with Gasteiger partial charge in [0.15, 0.2) is 5.82 Å². The van der Waals surface area contributed by atoms with Crippen LogP contribution in [0.5, 0.6) is 6.01 Å². The van der Waals surface area contributed by atoms with E-state index >= 15 is 0 Å². The van der Waals surface area contributed by atoms with Gasteiger partial charge in [0.1, 0.15) is 17.4 Å². The Morgan fingerprint density at radius 3 is 2.67 bits per heavy atom. The molecule has 0 spiro atoms. The number of imidazole rings is 1. The van der Waals surface area contributed by atoms with Crippen LogP contribution in [0.25, 0.3) is 11.0 Å². The maximum atomic E-state index is 14.1. The van der Waals surface area contributed by atoms with E-state index in [-0.39, 0.29) is 29.7 Å². The van der Waals surface area contributed by atoms with Crippen LogP contribution in [0.1, 0.15) is 46.0 Å². The monoisotopic (exact) mass is 440 g/mol. The van der Waals surface area contributed by atoms with Crippen molar-refractivity contribution in [3.05, 3.63) is 22.4 Å². The molecule has 0 unspecified atom stereocenters. The summed E-state index contributed by atoms with van der Waals surface area (Å²) in [5.74, 6) is 0.0986. The third kappa shape index (κ3) is 5.08. The summed E-state index contributed by atoms with van der Waals surface area (Å²) in [5.41, 5.74) is 1.03. The van der Waals surface area contributed by atoms with E-state index in [0.29, 0.717) is 34.5 Å². The second-order valence-electron chi connectivity index (χ2n) is 7.57. The highest BCUT2D eigenvalue weighted by Crippen LogP contribution is 2.29. The third-order valence-electron chi connectivity index (χ3n) is 5.01. The summed E-state index contributed by atoms with van der Waals surface area (Å²) in [4.78, 5) is 15.5. The lowest BCUT2D eigenvalue weighted by Crippen LogP contribution is -2.30. The topological polar surface area (TPSA) is 53.4 Å². The van der Waals surface area contributed by atoms with Crippen molar-refractivity contribution in [3.8, 4) is 6.01 Å². The standard InChI is InChI=1S/C20H26BrFN2O3/c1-12(8-13(2)25)11-26-15-4-6-16(7-5-15)27-20-23-19-17(22)9-14(21)10-18(19)24(20)3/h9-10,12,15-16H,4-8,11H2,1-3H3/t12-,15?,16?/m1/s1. The lowest BCUT2D eigenvalue weighted by Gasteiger charge is -2.29. The number of carbonyl (C=O) groups is 1. The number of carbonyl (C=O) groups excluding carboxylic acids is 1. The lowest BCUT2D eigenvalue weighted by molar-refractivity contribution is -0.118. The van der Waals surface area contributed by atoms with Gasteiger partial charge < -0.3 is 14.3 Å². The molecule has 2 aromatic rings. The van der Waals surface area contributed by atoms with Crippen molar-refractivity contribution in [1.29, 1.82) is 0 Å². The van der Waals surface area contributed by atoms with Crippen LogP contribution in [0, 0.1) is 11.7 Å². The molecule has 148 valence electrons. The summed E-state index contributed by atoms with van der Waals surface area (Å²) in [5, 5.41) is 0. The van der Waals surface area contributed by atoms with Gasteiger partial charge in [-0.3, -0.25) is 4.57 Å². The van der Waals surface area contributed by atoms with Crippen LogP contribution in [-0.2, 0) is 16.6 Å². The zero-order valence-electron chi connectivity index (χ0n) is 16.0. The fourth-order valence-electron chi connectivity index (χ4n) is 3.61. The van der Waals surface area contributed by atoms with Crippen molar-refractivity contribution in [3.63, 3.8) is 0 Å². The summed E-state index contributed by atoms with van der Waals surface area (Å²) < 4.78 is 28.6. The van der Waals surface area contributed by atoms with Crippen LogP contribution < -0.4 is 4.74 Å². The number of nitrogens with zero attached hydrogens (tertiary/aromatic N) is 2. The molecular formula is C20H26BrFN2O3. The Labute approximate surface area is 167 Å². The van der Waals surface area contributed by atoms with Crippen molar-refractivity contribution in [2.24, 2.45) is 13.0 Å². The average molecular weight is 441 g/mol. The molecule has 1 fully saturated rings. The van der Waals surface area contributed by atoms with Crippen molar-refractivity contribution in [1.82, 2.24) is 9.55 Å². The van der Waals surface area contributed by atoms with Gasteiger partial charge >= 0.3 is 0 Å². The number of aromatic nitrogens is 2. The molecule has 0 aliphatic heterocycles. The lowest BCUT2D eigenvalue weighted by atomic mass is 9.95. The van der Waals surface area contributed by atoms with Crippen molar-refractivity contribution >= 4 is 32.7 Å². The largest absolute Gasteiger partial charge is 0.461 e. The first-order chi connectivity index (χ1) is 12.8. The average Bonchev–Trinajstić information content (AvgIpc) is 2.90. The van der Waals surface area contributed by atoms with Gasteiger partial charge in [-0.25, -0.2) is 4.39 Å². The maximum Gasteiger partial charge on any atom is 0.297 e. The fourth-order valence-corrected chi connectivity index (χ4v) is 4.03. The Morgan fingerprint density at radius 2 is 2.00 bits per heavy atom. The molecule has 1 heterocycles.